The summed E-state index contributed by atoms with van der Waals surface area (Å²) in [6, 6.07) is -0.282. The van der Waals surface area contributed by atoms with Gasteiger partial charge in [0.05, 0.1) is 5.69 Å². The van der Waals surface area contributed by atoms with Gasteiger partial charge in [0, 0.05) is 31.3 Å². The Morgan fingerprint density at radius 3 is 2.53 bits per heavy atom. The van der Waals surface area contributed by atoms with E-state index in [4.69, 9.17) is 0 Å². The summed E-state index contributed by atoms with van der Waals surface area (Å²) >= 11 is 0. The van der Waals surface area contributed by atoms with Crippen LogP contribution in [0.5, 0.6) is 0 Å². The van der Waals surface area contributed by atoms with Crippen molar-refractivity contribution in [3.63, 3.8) is 0 Å². The third-order valence-corrected chi connectivity index (χ3v) is 2.59. The van der Waals surface area contributed by atoms with Crippen LogP contribution in [0.4, 0.5) is 13.2 Å². The Hall–Kier alpha value is -1.04. The second-order valence-corrected chi connectivity index (χ2v) is 4.11. The molecule has 0 radical (unpaired) electrons. The lowest BCUT2D eigenvalue weighted by molar-refractivity contribution is -0.136. The molecule has 3 nitrogen and oxygen atoms in total. The van der Waals surface area contributed by atoms with Crippen molar-refractivity contribution in [1.82, 2.24) is 15.1 Å². The maximum absolute atomic E-state index is 12.2. The molecule has 1 N–H and O–H groups in total. The SMILES string of the molecule is CCNC(CCC(F)(F)F)c1cn(C)nc1C. The molecule has 0 amide bonds. The maximum atomic E-state index is 12.2. The van der Waals surface area contributed by atoms with Gasteiger partial charge in [0.15, 0.2) is 0 Å². The van der Waals surface area contributed by atoms with Crippen LogP contribution in [0.15, 0.2) is 6.20 Å². The first-order valence-electron chi connectivity index (χ1n) is 5.63. The summed E-state index contributed by atoms with van der Waals surface area (Å²) in [6.45, 7) is 4.33. The van der Waals surface area contributed by atoms with E-state index < -0.39 is 12.6 Å². The van der Waals surface area contributed by atoms with Crippen molar-refractivity contribution < 1.29 is 13.2 Å². The number of rotatable bonds is 5. The number of halogens is 3. The first-order valence-corrected chi connectivity index (χ1v) is 5.63. The molecular weight excluding hydrogens is 231 g/mol. The fourth-order valence-electron chi connectivity index (χ4n) is 1.88. The summed E-state index contributed by atoms with van der Waals surface area (Å²) in [6.07, 6.45) is -3.06. The van der Waals surface area contributed by atoms with Crippen LogP contribution in [0.25, 0.3) is 0 Å². The quantitative estimate of drug-likeness (QED) is 0.869. The van der Waals surface area contributed by atoms with Gasteiger partial charge in [-0.15, -0.1) is 0 Å². The molecular formula is C11H18F3N3. The first-order chi connectivity index (χ1) is 7.83. The molecule has 1 atom stereocenters. The number of nitrogens with one attached hydrogen (secondary N) is 1. The van der Waals surface area contributed by atoms with Gasteiger partial charge in [0.2, 0.25) is 0 Å². The van der Waals surface area contributed by atoms with Gasteiger partial charge < -0.3 is 5.32 Å². The van der Waals surface area contributed by atoms with Crippen molar-refractivity contribution in [3.05, 3.63) is 17.5 Å². The van der Waals surface area contributed by atoms with Crippen molar-refractivity contribution in [3.8, 4) is 0 Å². The van der Waals surface area contributed by atoms with E-state index in [1.807, 2.05) is 13.8 Å². The predicted octanol–water partition coefficient (Wildman–Crippen LogP) is 2.72. The lowest BCUT2D eigenvalue weighted by atomic mass is 10.0. The summed E-state index contributed by atoms with van der Waals surface area (Å²) in [5, 5.41) is 7.23. The zero-order chi connectivity index (χ0) is 13.1. The predicted molar refractivity (Wildman–Crippen MR) is 59.7 cm³/mol. The highest BCUT2D eigenvalue weighted by Crippen LogP contribution is 2.28. The van der Waals surface area contributed by atoms with E-state index in [0.717, 1.165) is 11.3 Å². The van der Waals surface area contributed by atoms with Crippen LogP contribution >= 0.6 is 0 Å². The minimum absolute atomic E-state index is 0.0455. The van der Waals surface area contributed by atoms with Gasteiger partial charge in [-0.3, -0.25) is 4.68 Å². The van der Waals surface area contributed by atoms with Gasteiger partial charge in [-0.2, -0.15) is 18.3 Å². The summed E-state index contributed by atoms with van der Waals surface area (Å²) in [7, 11) is 1.77. The fourth-order valence-corrected chi connectivity index (χ4v) is 1.88. The first kappa shape index (κ1) is 14.0. The van der Waals surface area contributed by atoms with Gasteiger partial charge in [0.25, 0.3) is 0 Å². The molecule has 0 spiro atoms. The monoisotopic (exact) mass is 249 g/mol. The second kappa shape index (κ2) is 5.53. The molecule has 17 heavy (non-hydrogen) atoms. The van der Waals surface area contributed by atoms with Crippen molar-refractivity contribution in [1.29, 1.82) is 0 Å². The van der Waals surface area contributed by atoms with Crippen LogP contribution in [0.3, 0.4) is 0 Å². The molecule has 0 bridgehead atoms. The Labute approximate surface area is 99.0 Å². The standard InChI is InChI=1S/C11H18F3N3/c1-4-15-10(5-6-11(12,13)14)9-7-17(3)16-8(9)2/h7,10,15H,4-6H2,1-3H3. The van der Waals surface area contributed by atoms with Gasteiger partial charge in [-0.05, 0) is 19.9 Å². The van der Waals surface area contributed by atoms with E-state index in [1.165, 1.54) is 0 Å². The Bertz CT molecular complexity index is 357. The van der Waals surface area contributed by atoms with Crippen LogP contribution in [-0.2, 0) is 7.05 Å². The number of aryl methyl sites for hydroxylation is 2. The van der Waals surface area contributed by atoms with Crippen molar-refractivity contribution in [2.24, 2.45) is 7.05 Å². The molecule has 0 fully saturated rings. The molecule has 0 aromatic carbocycles. The molecule has 0 aliphatic rings. The lowest BCUT2D eigenvalue weighted by Gasteiger charge is -2.18. The minimum atomic E-state index is -4.11. The number of nitrogens with zero attached hydrogens (tertiary/aromatic N) is 2. The van der Waals surface area contributed by atoms with Crippen molar-refractivity contribution in [2.75, 3.05) is 6.54 Å². The summed E-state index contributed by atoms with van der Waals surface area (Å²) < 4.78 is 38.3. The van der Waals surface area contributed by atoms with Crippen LogP contribution in [-0.4, -0.2) is 22.5 Å². The lowest BCUT2D eigenvalue weighted by Crippen LogP contribution is -2.23. The Morgan fingerprint density at radius 2 is 2.12 bits per heavy atom. The molecule has 6 heteroatoms. The molecule has 0 aliphatic carbocycles. The van der Waals surface area contributed by atoms with Gasteiger partial charge in [-0.25, -0.2) is 0 Å². The average molecular weight is 249 g/mol. The highest BCUT2D eigenvalue weighted by atomic mass is 19.4. The summed E-state index contributed by atoms with van der Waals surface area (Å²) in [5.41, 5.74) is 1.62. The zero-order valence-corrected chi connectivity index (χ0v) is 10.3. The average Bonchev–Trinajstić information content (AvgIpc) is 2.51. The normalized spacial score (nSPS) is 14.0. The van der Waals surface area contributed by atoms with Gasteiger partial charge in [0.1, 0.15) is 0 Å². The van der Waals surface area contributed by atoms with Crippen LogP contribution in [0.2, 0.25) is 0 Å². The van der Waals surface area contributed by atoms with Crippen molar-refractivity contribution in [2.45, 2.75) is 38.9 Å². The van der Waals surface area contributed by atoms with E-state index >= 15 is 0 Å². The minimum Gasteiger partial charge on any atom is -0.310 e. The molecule has 1 rings (SSSR count). The van der Waals surface area contributed by atoms with E-state index in [2.05, 4.69) is 10.4 Å². The third-order valence-electron chi connectivity index (χ3n) is 2.59. The van der Waals surface area contributed by atoms with Crippen LogP contribution in [0, 0.1) is 6.92 Å². The molecule has 0 saturated heterocycles. The smallest absolute Gasteiger partial charge is 0.310 e. The fraction of sp³-hybridized carbons (Fsp3) is 0.727. The molecule has 1 aromatic heterocycles. The highest BCUT2D eigenvalue weighted by molar-refractivity contribution is 5.20. The van der Waals surface area contributed by atoms with E-state index in [9.17, 15) is 13.2 Å². The third kappa shape index (κ3) is 4.38. The molecule has 0 saturated carbocycles. The maximum Gasteiger partial charge on any atom is 0.389 e. The Balaban J connectivity index is 2.75. The molecule has 1 unspecified atom stereocenters. The highest BCUT2D eigenvalue weighted by Gasteiger charge is 2.29. The number of hydrogen-bond donors (Lipinski definition) is 1. The molecule has 98 valence electrons. The Morgan fingerprint density at radius 1 is 1.47 bits per heavy atom. The summed E-state index contributed by atoms with van der Waals surface area (Å²) in [4.78, 5) is 0. The molecule has 1 aromatic rings. The number of aromatic nitrogens is 2. The van der Waals surface area contributed by atoms with Crippen molar-refractivity contribution >= 4 is 0 Å². The largest absolute Gasteiger partial charge is 0.389 e. The van der Waals surface area contributed by atoms with Crippen LogP contribution < -0.4 is 5.32 Å². The zero-order valence-electron chi connectivity index (χ0n) is 10.3. The van der Waals surface area contributed by atoms with Gasteiger partial charge >= 0.3 is 6.18 Å². The summed E-state index contributed by atoms with van der Waals surface area (Å²) in [5.74, 6) is 0. The van der Waals surface area contributed by atoms with E-state index in [0.29, 0.717) is 6.54 Å². The van der Waals surface area contributed by atoms with Crippen LogP contribution in [0.1, 0.15) is 37.1 Å². The number of alkyl halides is 3. The molecule has 0 aliphatic heterocycles. The Kier molecular flexibility index (Phi) is 4.56. The topological polar surface area (TPSA) is 29.9 Å². The van der Waals surface area contributed by atoms with Gasteiger partial charge in [-0.1, -0.05) is 6.92 Å². The number of hydrogen-bond acceptors (Lipinski definition) is 2. The second-order valence-electron chi connectivity index (χ2n) is 4.11. The van der Waals surface area contributed by atoms with E-state index in [-0.39, 0.29) is 12.5 Å². The molecule has 1 heterocycles. The van der Waals surface area contributed by atoms with E-state index in [1.54, 1.807) is 17.9 Å².